The second kappa shape index (κ2) is 5.53. The number of hydrogen-bond donors (Lipinski definition) is 1. The largest absolute Gasteiger partial charge is 0.334 e. The van der Waals surface area contributed by atoms with Gasteiger partial charge in [-0.3, -0.25) is 4.79 Å². The number of nitrogens with zero attached hydrogens (tertiary/aromatic N) is 1. The van der Waals surface area contributed by atoms with Crippen molar-refractivity contribution in [1.82, 2.24) is 4.90 Å². The first kappa shape index (κ1) is 13.1. The minimum Gasteiger partial charge on any atom is -0.334 e. The van der Waals surface area contributed by atoms with Crippen molar-refractivity contribution < 1.29 is 4.79 Å². The van der Waals surface area contributed by atoms with Crippen LogP contribution in [-0.2, 0) is 6.42 Å². The summed E-state index contributed by atoms with van der Waals surface area (Å²) in [5.74, 6) is 0.705. The van der Waals surface area contributed by atoms with Gasteiger partial charge in [-0.05, 0) is 30.4 Å². The molecule has 0 aliphatic carbocycles. The van der Waals surface area contributed by atoms with Gasteiger partial charge in [-0.15, -0.1) is 0 Å². The van der Waals surface area contributed by atoms with Crippen LogP contribution in [0.3, 0.4) is 0 Å². The van der Waals surface area contributed by atoms with E-state index in [2.05, 4.69) is 13.8 Å². The number of fused-ring (bicyclic) bond motifs is 1. The molecule has 1 heterocycles. The Morgan fingerprint density at radius 1 is 1.33 bits per heavy atom. The van der Waals surface area contributed by atoms with E-state index in [1.807, 2.05) is 29.2 Å². The molecule has 2 N–H and O–H groups in total. The Bertz CT molecular complexity index is 428. The highest BCUT2D eigenvalue weighted by Crippen LogP contribution is 2.22. The Morgan fingerprint density at radius 2 is 2.06 bits per heavy atom. The molecule has 18 heavy (non-hydrogen) atoms. The van der Waals surface area contributed by atoms with E-state index in [0.29, 0.717) is 12.5 Å². The van der Waals surface area contributed by atoms with Gasteiger partial charge >= 0.3 is 0 Å². The molecular formula is C15H22N2O. The summed E-state index contributed by atoms with van der Waals surface area (Å²) in [7, 11) is 0. The van der Waals surface area contributed by atoms with E-state index in [0.717, 1.165) is 24.9 Å². The van der Waals surface area contributed by atoms with Gasteiger partial charge in [0.25, 0.3) is 5.91 Å². The van der Waals surface area contributed by atoms with Crippen molar-refractivity contribution >= 4 is 5.91 Å². The predicted octanol–water partition coefficient (Wildman–Crippen LogP) is 2.06. The molecule has 1 unspecified atom stereocenters. The molecule has 0 saturated carbocycles. The second-order valence-electron chi connectivity index (χ2n) is 5.42. The van der Waals surface area contributed by atoms with Gasteiger partial charge in [0.1, 0.15) is 0 Å². The highest BCUT2D eigenvalue weighted by Gasteiger charge is 2.29. The number of carbonyl (C=O) groups excluding carboxylic acids is 1. The van der Waals surface area contributed by atoms with Crippen molar-refractivity contribution in [3.63, 3.8) is 0 Å². The number of amides is 1. The maximum atomic E-state index is 12.5. The van der Waals surface area contributed by atoms with E-state index in [-0.39, 0.29) is 11.9 Å². The van der Waals surface area contributed by atoms with Crippen LogP contribution >= 0.6 is 0 Å². The van der Waals surface area contributed by atoms with Crippen molar-refractivity contribution in [1.29, 1.82) is 0 Å². The number of nitrogens with two attached hydrogens (primary N) is 1. The predicted molar refractivity (Wildman–Crippen MR) is 73.5 cm³/mol. The summed E-state index contributed by atoms with van der Waals surface area (Å²) < 4.78 is 0. The van der Waals surface area contributed by atoms with Crippen LogP contribution in [-0.4, -0.2) is 29.9 Å². The Labute approximate surface area is 109 Å². The standard InChI is InChI=1S/C15H22N2O/c1-11(2)9-13(10-16)17-8-7-12-5-3-4-6-14(12)15(17)18/h3-6,11,13H,7-10,16H2,1-2H3. The lowest BCUT2D eigenvalue weighted by Gasteiger charge is -2.35. The van der Waals surface area contributed by atoms with Crippen LogP contribution in [0.5, 0.6) is 0 Å². The quantitative estimate of drug-likeness (QED) is 0.884. The molecule has 0 radical (unpaired) electrons. The Morgan fingerprint density at radius 3 is 2.72 bits per heavy atom. The van der Waals surface area contributed by atoms with Gasteiger partial charge in [0, 0.05) is 24.7 Å². The molecule has 1 atom stereocenters. The van der Waals surface area contributed by atoms with E-state index in [9.17, 15) is 4.79 Å². The molecule has 0 spiro atoms. The zero-order chi connectivity index (χ0) is 13.1. The van der Waals surface area contributed by atoms with E-state index in [4.69, 9.17) is 5.73 Å². The lowest BCUT2D eigenvalue weighted by molar-refractivity contribution is 0.0644. The Kier molecular flexibility index (Phi) is 4.02. The number of benzene rings is 1. The van der Waals surface area contributed by atoms with Gasteiger partial charge in [-0.25, -0.2) is 0 Å². The molecule has 0 fully saturated rings. The fourth-order valence-corrected chi connectivity index (χ4v) is 2.69. The third-order valence-electron chi connectivity index (χ3n) is 3.59. The van der Waals surface area contributed by atoms with Crippen molar-refractivity contribution in [3.05, 3.63) is 35.4 Å². The van der Waals surface area contributed by atoms with Crippen LogP contribution in [0.15, 0.2) is 24.3 Å². The summed E-state index contributed by atoms with van der Waals surface area (Å²) in [6.45, 7) is 5.69. The van der Waals surface area contributed by atoms with E-state index in [1.165, 1.54) is 5.56 Å². The van der Waals surface area contributed by atoms with E-state index in [1.54, 1.807) is 0 Å². The zero-order valence-corrected chi connectivity index (χ0v) is 11.2. The highest BCUT2D eigenvalue weighted by atomic mass is 16.2. The zero-order valence-electron chi connectivity index (χ0n) is 11.2. The molecule has 3 heteroatoms. The van der Waals surface area contributed by atoms with Gasteiger partial charge in [0.15, 0.2) is 0 Å². The summed E-state index contributed by atoms with van der Waals surface area (Å²) in [5.41, 5.74) is 7.86. The molecule has 0 saturated heterocycles. The molecule has 1 amide bonds. The van der Waals surface area contributed by atoms with Crippen LogP contribution in [0.4, 0.5) is 0 Å². The maximum Gasteiger partial charge on any atom is 0.254 e. The molecular weight excluding hydrogens is 224 g/mol. The van der Waals surface area contributed by atoms with Gasteiger partial charge in [0.2, 0.25) is 0 Å². The average Bonchev–Trinajstić information content (AvgIpc) is 2.37. The minimum atomic E-state index is 0.146. The second-order valence-corrected chi connectivity index (χ2v) is 5.42. The maximum absolute atomic E-state index is 12.5. The fourth-order valence-electron chi connectivity index (χ4n) is 2.69. The lowest BCUT2D eigenvalue weighted by atomic mass is 9.95. The Balaban J connectivity index is 2.20. The van der Waals surface area contributed by atoms with E-state index < -0.39 is 0 Å². The normalized spacial score (nSPS) is 16.9. The van der Waals surface area contributed by atoms with Crippen LogP contribution in [0.1, 0.15) is 36.2 Å². The first-order valence-electron chi connectivity index (χ1n) is 6.72. The van der Waals surface area contributed by atoms with Crippen molar-refractivity contribution in [2.45, 2.75) is 32.7 Å². The van der Waals surface area contributed by atoms with Crippen molar-refractivity contribution in [2.75, 3.05) is 13.1 Å². The monoisotopic (exact) mass is 246 g/mol. The van der Waals surface area contributed by atoms with E-state index >= 15 is 0 Å². The number of hydrogen-bond acceptors (Lipinski definition) is 2. The van der Waals surface area contributed by atoms with Crippen molar-refractivity contribution in [2.24, 2.45) is 11.7 Å². The first-order chi connectivity index (χ1) is 8.63. The molecule has 1 aliphatic heterocycles. The number of rotatable bonds is 4. The topological polar surface area (TPSA) is 46.3 Å². The number of carbonyl (C=O) groups is 1. The van der Waals surface area contributed by atoms with Crippen molar-refractivity contribution in [3.8, 4) is 0 Å². The Hall–Kier alpha value is -1.35. The summed E-state index contributed by atoms with van der Waals surface area (Å²) >= 11 is 0. The van der Waals surface area contributed by atoms with Gasteiger partial charge < -0.3 is 10.6 Å². The summed E-state index contributed by atoms with van der Waals surface area (Å²) in [6, 6.07) is 8.07. The molecule has 1 aliphatic rings. The highest BCUT2D eigenvalue weighted by molar-refractivity contribution is 5.96. The third kappa shape index (κ3) is 2.56. The smallest absolute Gasteiger partial charge is 0.254 e. The molecule has 2 rings (SSSR count). The molecule has 1 aromatic rings. The summed E-state index contributed by atoms with van der Waals surface area (Å²) in [4.78, 5) is 14.4. The SMILES string of the molecule is CC(C)CC(CN)N1CCc2ccccc2C1=O. The molecule has 3 nitrogen and oxygen atoms in total. The van der Waals surface area contributed by atoms with Crippen LogP contribution in [0.25, 0.3) is 0 Å². The van der Waals surface area contributed by atoms with Crippen LogP contribution < -0.4 is 5.73 Å². The molecule has 0 bridgehead atoms. The fraction of sp³-hybridized carbons (Fsp3) is 0.533. The van der Waals surface area contributed by atoms with Crippen LogP contribution in [0.2, 0.25) is 0 Å². The van der Waals surface area contributed by atoms with Gasteiger partial charge in [-0.2, -0.15) is 0 Å². The average molecular weight is 246 g/mol. The lowest BCUT2D eigenvalue weighted by Crippen LogP contribution is -2.48. The minimum absolute atomic E-state index is 0.146. The molecule has 1 aromatic carbocycles. The third-order valence-corrected chi connectivity index (χ3v) is 3.59. The van der Waals surface area contributed by atoms with Crippen LogP contribution in [0, 0.1) is 5.92 Å². The molecule has 98 valence electrons. The summed E-state index contributed by atoms with van der Waals surface area (Å²) in [5, 5.41) is 0. The summed E-state index contributed by atoms with van der Waals surface area (Å²) in [6.07, 6.45) is 1.92. The first-order valence-corrected chi connectivity index (χ1v) is 6.72. The molecule has 0 aromatic heterocycles. The van der Waals surface area contributed by atoms with Gasteiger partial charge in [0.05, 0.1) is 0 Å². The van der Waals surface area contributed by atoms with Gasteiger partial charge in [-0.1, -0.05) is 32.0 Å².